The van der Waals surface area contributed by atoms with Crippen LogP contribution >= 0.6 is 0 Å². The zero-order valence-electron chi connectivity index (χ0n) is 17.5. The van der Waals surface area contributed by atoms with Gasteiger partial charge in [0.25, 0.3) is 0 Å². The van der Waals surface area contributed by atoms with Crippen LogP contribution in [-0.4, -0.2) is 33.0 Å². The summed E-state index contributed by atoms with van der Waals surface area (Å²) in [4.78, 5) is 17.3. The Hall–Kier alpha value is -4.59. The number of aromatic carboxylic acids is 1. The molecule has 8 nitrogen and oxygen atoms in total. The van der Waals surface area contributed by atoms with Crippen LogP contribution in [0, 0.1) is 0 Å². The monoisotopic (exact) mass is 444 g/mol. The summed E-state index contributed by atoms with van der Waals surface area (Å²) in [7, 11) is 1.56. The van der Waals surface area contributed by atoms with E-state index in [0.29, 0.717) is 17.0 Å². The number of methoxy groups -OCH3 is 1. The minimum Gasteiger partial charge on any atom is -0.496 e. The lowest BCUT2D eigenvalue weighted by atomic mass is 9.99. The Morgan fingerprint density at radius 2 is 1.55 bits per heavy atom. The number of ether oxygens (including phenoxy) is 1. The van der Waals surface area contributed by atoms with Crippen molar-refractivity contribution in [1.29, 1.82) is 0 Å². The molecule has 5 rings (SSSR count). The van der Waals surface area contributed by atoms with Crippen LogP contribution in [0.2, 0.25) is 0 Å². The summed E-state index contributed by atoms with van der Waals surface area (Å²) in [5.74, 6) is -0.890. The van der Waals surface area contributed by atoms with Gasteiger partial charge in [0, 0.05) is 5.56 Å². The first-order valence-corrected chi connectivity index (χ1v) is 10.2. The Bertz CT molecular complexity index is 1330. The van der Waals surface area contributed by atoms with Crippen molar-refractivity contribution in [3.8, 4) is 28.9 Å². The van der Waals surface area contributed by atoms with Gasteiger partial charge in [0.2, 0.25) is 17.5 Å². The van der Waals surface area contributed by atoms with Crippen molar-refractivity contribution < 1.29 is 29.7 Å². The van der Waals surface area contributed by atoms with E-state index in [1.165, 1.54) is 28.8 Å². The van der Waals surface area contributed by atoms with Gasteiger partial charge in [-0.2, -0.15) is 5.06 Å². The Labute approximate surface area is 189 Å². The van der Waals surface area contributed by atoms with Gasteiger partial charge in [-0.05, 0) is 42.5 Å². The standard InChI is InChI=1S/C25H20N2O6/c1-32-19-10-6-5-9-18(19)21-20-22(33-27(21)17-7-3-2-4-8-17)24(29)26(23(20)28)16-13-11-15(12-14-16)25(30)31/h2-14,21,28-29H,1H3,(H,30,31)/t21-/m0/s1. The molecule has 0 radical (unpaired) electrons. The van der Waals surface area contributed by atoms with E-state index in [1.54, 1.807) is 12.2 Å². The predicted molar refractivity (Wildman–Crippen MR) is 120 cm³/mol. The maximum absolute atomic E-state index is 11.3. The van der Waals surface area contributed by atoms with Crippen LogP contribution in [0.25, 0.3) is 5.69 Å². The normalized spacial score (nSPS) is 14.6. The van der Waals surface area contributed by atoms with Gasteiger partial charge in [0.15, 0.2) is 0 Å². The molecule has 0 unspecified atom stereocenters. The molecule has 8 heteroatoms. The Kier molecular flexibility index (Phi) is 4.82. The molecule has 33 heavy (non-hydrogen) atoms. The number of hydroxylamine groups is 1. The molecule has 1 atom stereocenters. The highest BCUT2D eigenvalue weighted by atomic mass is 16.7. The van der Waals surface area contributed by atoms with E-state index in [1.807, 2.05) is 54.6 Å². The second kappa shape index (κ2) is 7.83. The van der Waals surface area contributed by atoms with Crippen molar-refractivity contribution in [2.24, 2.45) is 0 Å². The van der Waals surface area contributed by atoms with Gasteiger partial charge < -0.3 is 24.9 Å². The Morgan fingerprint density at radius 1 is 0.879 bits per heavy atom. The van der Waals surface area contributed by atoms with Crippen molar-refractivity contribution >= 4 is 11.7 Å². The number of carbonyl (C=O) groups is 1. The first-order chi connectivity index (χ1) is 16.0. The van der Waals surface area contributed by atoms with Crippen LogP contribution in [0.4, 0.5) is 5.69 Å². The maximum Gasteiger partial charge on any atom is 0.335 e. The van der Waals surface area contributed by atoms with Crippen LogP contribution in [-0.2, 0) is 0 Å². The van der Waals surface area contributed by atoms with Crippen molar-refractivity contribution in [3.05, 3.63) is 95.6 Å². The molecule has 0 saturated carbocycles. The summed E-state index contributed by atoms with van der Waals surface area (Å²) < 4.78 is 6.79. The summed E-state index contributed by atoms with van der Waals surface area (Å²) >= 11 is 0. The molecule has 0 bridgehead atoms. The Morgan fingerprint density at radius 3 is 2.21 bits per heavy atom. The van der Waals surface area contributed by atoms with E-state index in [2.05, 4.69) is 0 Å². The molecule has 2 heterocycles. The number of nitrogens with zero attached hydrogens (tertiary/aromatic N) is 2. The molecule has 0 aliphatic carbocycles. The fourth-order valence-corrected chi connectivity index (χ4v) is 4.10. The molecule has 0 saturated heterocycles. The highest BCUT2D eigenvalue weighted by Crippen LogP contribution is 2.55. The molecule has 0 spiro atoms. The quantitative estimate of drug-likeness (QED) is 0.416. The zero-order chi connectivity index (χ0) is 23.1. The van der Waals surface area contributed by atoms with Crippen molar-refractivity contribution in [3.63, 3.8) is 0 Å². The first kappa shape index (κ1) is 20.3. The minimum atomic E-state index is -1.07. The predicted octanol–water partition coefficient (Wildman–Crippen LogP) is 4.50. The molecule has 1 aliphatic heterocycles. The molecule has 3 N–H and O–H groups in total. The number of benzene rings is 3. The zero-order valence-corrected chi connectivity index (χ0v) is 17.5. The fraction of sp³-hybridized carbons (Fsp3) is 0.0800. The lowest BCUT2D eigenvalue weighted by Crippen LogP contribution is -2.27. The third kappa shape index (κ3) is 3.20. The van der Waals surface area contributed by atoms with Crippen molar-refractivity contribution in [1.82, 2.24) is 4.57 Å². The van der Waals surface area contributed by atoms with E-state index in [-0.39, 0.29) is 23.1 Å². The van der Waals surface area contributed by atoms with Gasteiger partial charge in [0.1, 0.15) is 11.8 Å². The van der Waals surface area contributed by atoms with Crippen molar-refractivity contribution in [2.45, 2.75) is 6.04 Å². The van der Waals surface area contributed by atoms with Gasteiger partial charge in [-0.3, -0.25) is 0 Å². The van der Waals surface area contributed by atoms with Gasteiger partial charge in [-0.25, -0.2) is 9.36 Å². The third-order valence-corrected chi connectivity index (χ3v) is 5.63. The van der Waals surface area contributed by atoms with E-state index in [4.69, 9.17) is 14.7 Å². The Balaban J connectivity index is 1.69. The lowest BCUT2D eigenvalue weighted by molar-refractivity contribution is 0.0697. The number of para-hydroxylation sites is 2. The van der Waals surface area contributed by atoms with Crippen LogP contribution in [0.3, 0.4) is 0 Å². The van der Waals surface area contributed by atoms with Gasteiger partial charge in [0.05, 0.1) is 29.6 Å². The van der Waals surface area contributed by atoms with Gasteiger partial charge in [-0.15, -0.1) is 0 Å². The fourth-order valence-electron chi connectivity index (χ4n) is 4.10. The SMILES string of the molecule is COc1ccccc1[C@H]1c2c(c(O)n(-c3ccc(C(=O)O)cc3)c2O)ON1c1ccccc1. The summed E-state index contributed by atoms with van der Waals surface area (Å²) in [6, 6.07) is 21.9. The molecule has 1 aromatic heterocycles. The van der Waals surface area contributed by atoms with Crippen LogP contribution in [0.15, 0.2) is 78.9 Å². The van der Waals surface area contributed by atoms with Gasteiger partial charge >= 0.3 is 5.97 Å². The number of aromatic nitrogens is 1. The first-order valence-electron chi connectivity index (χ1n) is 10.2. The number of carboxylic acid groups (broad SMARTS) is 1. The van der Waals surface area contributed by atoms with E-state index in [9.17, 15) is 15.0 Å². The summed E-state index contributed by atoms with van der Waals surface area (Å²) in [6.07, 6.45) is 0. The van der Waals surface area contributed by atoms with E-state index >= 15 is 0 Å². The maximum atomic E-state index is 11.3. The lowest BCUT2D eigenvalue weighted by Gasteiger charge is -2.27. The molecule has 166 valence electrons. The second-order valence-corrected chi connectivity index (χ2v) is 7.47. The second-order valence-electron chi connectivity index (χ2n) is 7.47. The molecular formula is C25H20N2O6. The van der Waals surface area contributed by atoms with Crippen LogP contribution in [0.1, 0.15) is 27.5 Å². The topological polar surface area (TPSA) is 104 Å². The molecule has 3 aromatic carbocycles. The summed E-state index contributed by atoms with van der Waals surface area (Å²) in [5, 5.41) is 33.0. The van der Waals surface area contributed by atoms with Crippen molar-refractivity contribution in [2.75, 3.05) is 12.2 Å². The third-order valence-electron chi connectivity index (χ3n) is 5.63. The van der Waals surface area contributed by atoms with Crippen LogP contribution < -0.4 is 14.6 Å². The smallest absolute Gasteiger partial charge is 0.335 e. The van der Waals surface area contributed by atoms with Gasteiger partial charge in [-0.1, -0.05) is 36.4 Å². The summed E-state index contributed by atoms with van der Waals surface area (Å²) in [6.45, 7) is 0. The number of anilines is 1. The highest BCUT2D eigenvalue weighted by Gasteiger charge is 2.44. The number of hydrogen-bond donors (Lipinski definition) is 3. The molecule has 4 aromatic rings. The van der Waals surface area contributed by atoms with E-state index < -0.39 is 12.0 Å². The average Bonchev–Trinajstić information content (AvgIpc) is 3.35. The number of fused-ring (bicyclic) bond motifs is 1. The summed E-state index contributed by atoms with van der Waals surface area (Å²) in [5.41, 5.74) is 2.30. The average molecular weight is 444 g/mol. The number of carboxylic acids is 1. The minimum absolute atomic E-state index is 0.0934. The molecule has 0 fully saturated rings. The number of hydrogen-bond acceptors (Lipinski definition) is 6. The highest BCUT2D eigenvalue weighted by molar-refractivity contribution is 5.87. The molecule has 0 amide bonds. The largest absolute Gasteiger partial charge is 0.496 e. The molecular weight excluding hydrogens is 424 g/mol. The molecule has 1 aliphatic rings. The van der Waals surface area contributed by atoms with E-state index in [0.717, 1.165) is 11.3 Å². The van der Waals surface area contributed by atoms with Crippen LogP contribution in [0.5, 0.6) is 23.3 Å². The number of aromatic hydroxyl groups is 2. The number of rotatable bonds is 5.